The third kappa shape index (κ3) is 5.73. The molecule has 6 heteroatoms. The zero-order valence-corrected chi connectivity index (χ0v) is 12.4. The molecule has 0 aromatic heterocycles. The molecule has 0 saturated carbocycles. The maximum atomic E-state index is 11.9. The topological polar surface area (TPSA) is 84.9 Å². The van der Waals surface area contributed by atoms with E-state index < -0.39 is 5.97 Å². The van der Waals surface area contributed by atoms with E-state index in [0.717, 1.165) is 31.4 Å². The van der Waals surface area contributed by atoms with Crippen LogP contribution in [0.15, 0.2) is 24.3 Å². The Morgan fingerprint density at radius 3 is 2.95 bits per heavy atom. The molecule has 2 N–H and O–H groups in total. The standard InChI is InChI=1S/C16H21NO5/c18-15(9-14-5-1-2-7-21-14)17-10-12-4-3-6-13(8-12)22-11-16(19)20/h3-4,6,8,14H,1-2,5,7,9-11H2,(H,17,18)(H,19,20). The van der Waals surface area contributed by atoms with Gasteiger partial charge in [0, 0.05) is 13.2 Å². The van der Waals surface area contributed by atoms with Gasteiger partial charge in [-0.2, -0.15) is 0 Å². The number of hydrogen-bond donors (Lipinski definition) is 2. The van der Waals surface area contributed by atoms with E-state index in [1.807, 2.05) is 6.07 Å². The molecule has 6 nitrogen and oxygen atoms in total. The van der Waals surface area contributed by atoms with Gasteiger partial charge < -0.3 is 19.9 Å². The minimum Gasteiger partial charge on any atom is -0.482 e. The highest BCUT2D eigenvalue weighted by Gasteiger charge is 2.17. The summed E-state index contributed by atoms with van der Waals surface area (Å²) in [6.07, 6.45) is 3.53. The first kappa shape index (κ1) is 16.3. The van der Waals surface area contributed by atoms with Crippen LogP contribution in [0, 0.1) is 0 Å². The Kier molecular flexibility index (Phi) is 6.21. The number of hydrogen-bond acceptors (Lipinski definition) is 4. The number of carboxylic acid groups (broad SMARTS) is 1. The first-order valence-corrected chi connectivity index (χ1v) is 7.45. The lowest BCUT2D eigenvalue weighted by molar-refractivity contribution is -0.139. The summed E-state index contributed by atoms with van der Waals surface area (Å²) in [5.41, 5.74) is 0.862. The molecule has 120 valence electrons. The quantitative estimate of drug-likeness (QED) is 0.801. The number of rotatable bonds is 7. The fourth-order valence-electron chi connectivity index (χ4n) is 2.34. The fourth-order valence-corrected chi connectivity index (χ4v) is 2.34. The van der Waals surface area contributed by atoms with Crippen LogP contribution in [0.4, 0.5) is 0 Å². The zero-order chi connectivity index (χ0) is 15.8. The van der Waals surface area contributed by atoms with Gasteiger partial charge >= 0.3 is 5.97 Å². The summed E-state index contributed by atoms with van der Waals surface area (Å²) in [5.74, 6) is -0.584. The summed E-state index contributed by atoms with van der Waals surface area (Å²) in [5, 5.41) is 11.4. The van der Waals surface area contributed by atoms with E-state index in [1.54, 1.807) is 18.2 Å². The molecule has 1 aliphatic heterocycles. The fraction of sp³-hybridized carbons (Fsp3) is 0.500. The Morgan fingerprint density at radius 1 is 1.36 bits per heavy atom. The molecule has 1 aromatic carbocycles. The van der Waals surface area contributed by atoms with Crippen molar-refractivity contribution in [2.45, 2.75) is 38.3 Å². The van der Waals surface area contributed by atoms with Crippen LogP contribution < -0.4 is 10.1 Å². The highest BCUT2D eigenvalue weighted by Crippen LogP contribution is 2.16. The van der Waals surface area contributed by atoms with Crippen molar-refractivity contribution in [3.63, 3.8) is 0 Å². The molecule has 1 fully saturated rings. The van der Waals surface area contributed by atoms with Crippen LogP contribution in [0.25, 0.3) is 0 Å². The molecular weight excluding hydrogens is 286 g/mol. The minimum absolute atomic E-state index is 0.0268. The molecule has 1 heterocycles. The molecule has 0 spiro atoms. The lowest BCUT2D eigenvalue weighted by Crippen LogP contribution is -2.30. The van der Waals surface area contributed by atoms with Crippen LogP contribution in [0.3, 0.4) is 0 Å². The van der Waals surface area contributed by atoms with Gasteiger partial charge in [0.1, 0.15) is 5.75 Å². The highest BCUT2D eigenvalue weighted by molar-refractivity contribution is 5.76. The molecule has 1 atom stereocenters. The van der Waals surface area contributed by atoms with Crippen molar-refractivity contribution in [1.29, 1.82) is 0 Å². The molecule has 2 rings (SSSR count). The van der Waals surface area contributed by atoms with E-state index in [9.17, 15) is 9.59 Å². The molecule has 1 saturated heterocycles. The second kappa shape index (κ2) is 8.38. The normalized spacial score (nSPS) is 17.7. The summed E-state index contributed by atoms with van der Waals surface area (Å²) in [4.78, 5) is 22.4. The monoisotopic (exact) mass is 307 g/mol. The van der Waals surface area contributed by atoms with Crippen molar-refractivity contribution >= 4 is 11.9 Å². The highest BCUT2D eigenvalue weighted by atomic mass is 16.5. The second-order valence-electron chi connectivity index (χ2n) is 5.30. The Hall–Kier alpha value is -2.08. The maximum absolute atomic E-state index is 11.9. The van der Waals surface area contributed by atoms with Crippen LogP contribution in [0.2, 0.25) is 0 Å². The number of carbonyl (C=O) groups is 2. The smallest absolute Gasteiger partial charge is 0.341 e. The van der Waals surface area contributed by atoms with Crippen molar-refractivity contribution in [2.75, 3.05) is 13.2 Å². The molecule has 1 aromatic rings. The SMILES string of the molecule is O=C(O)COc1cccc(CNC(=O)CC2CCCCO2)c1. The summed E-state index contributed by atoms with van der Waals surface area (Å²) >= 11 is 0. The average Bonchev–Trinajstić information content (AvgIpc) is 2.52. The molecule has 22 heavy (non-hydrogen) atoms. The number of carboxylic acids is 1. The predicted molar refractivity (Wildman–Crippen MR) is 79.6 cm³/mol. The molecule has 0 aliphatic carbocycles. The first-order chi connectivity index (χ1) is 10.6. The van der Waals surface area contributed by atoms with E-state index >= 15 is 0 Å². The zero-order valence-electron chi connectivity index (χ0n) is 12.4. The van der Waals surface area contributed by atoms with Gasteiger partial charge in [0.25, 0.3) is 0 Å². The van der Waals surface area contributed by atoms with Gasteiger partial charge in [0.05, 0.1) is 12.5 Å². The van der Waals surface area contributed by atoms with E-state index in [1.165, 1.54) is 0 Å². The molecule has 1 aliphatic rings. The largest absolute Gasteiger partial charge is 0.482 e. The van der Waals surface area contributed by atoms with Crippen LogP contribution in [-0.4, -0.2) is 36.3 Å². The van der Waals surface area contributed by atoms with Crippen molar-refractivity contribution in [3.8, 4) is 5.75 Å². The van der Waals surface area contributed by atoms with E-state index in [-0.39, 0.29) is 18.6 Å². The number of amides is 1. The molecule has 0 bridgehead atoms. The Labute approximate surface area is 129 Å². The first-order valence-electron chi connectivity index (χ1n) is 7.45. The van der Waals surface area contributed by atoms with Crippen LogP contribution in [0.5, 0.6) is 5.75 Å². The van der Waals surface area contributed by atoms with E-state index in [0.29, 0.717) is 18.7 Å². The Bertz CT molecular complexity index is 511. The number of nitrogens with one attached hydrogen (secondary N) is 1. The Morgan fingerprint density at radius 2 is 2.23 bits per heavy atom. The Balaban J connectivity index is 1.76. The molecule has 0 radical (unpaired) electrons. The number of benzene rings is 1. The van der Waals surface area contributed by atoms with Gasteiger partial charge in [-0.05, 0) is 37.0 Å². The second-order valence-corrected chi connectivity index (χ2v) is 5.30. The third-order valence-electron chi connectivity index (χ3n) is 3.44. The minimum atomic E-state index is -1.02. The molecule has 1 unspecified atom stereocenters. The van der Waals surface area contributed by atoms with Crippen LogP contribution in [-0.2, 0) is 20.9 Å². The lowest BCUT2D eigenvalue weighted by atomic mass is 10.1. The van der Waals surface area contributed by atoms with Crippen molar-refractivity contribution < 1.29 is 24.2 Å². The molecule has 1 amide bonds. The summed E-state index contributed by atoms with van der Waals surface area (Å²) in [7, 11) is 0. The predicted octanol–water partition coefficient (Wildman–Crippen LogP) is 1.73. The van der Waals surface area contributed by atoms with Gasteiger partial charge in [0.15, 0.2) is 6.61 Å². The summed E-state index contributed by atoms with van der Waals surface area (Å²) < 4.78 is 10.6. The van der Waals surface area contributed by atoms with Gasteiger partial charge in [-0.1, -0.05) is 12.1 Å². The van der Waals surface area contributed by atoms with Crippen molar-refractivity contribution in [1.82, 2.24) is 5.32 Å². The van der Waals surface area contributed by atoms with Gasteiger partial charge in [-0.3, -0.25) is 4.79 Å². The summed E-state index contributed by atoms with van der Waals surface area (Å²) in [6.45, 7) is 0.742. The van der Waals surface area contributed by atoms with Gasteiger partial charge in [0.2, 0.25) is 5.91 Å². The lowest BCUT2D eigenvalue weighted by Gasteiger charge is -2.21. The van der Waals surface area contributed by atoms with Gasteiger partial charge in [-0.25, -0.2) is 4.79 Å². The molecular formula is C16H21NO5. The number of carbonyl (C=O) groups excluding carboxylic acids is 1. The van der Waals surface area contributed by atoms with Crippen molar-refractivity contribution in [3.05, 3.63) is 29.8 Å². The third-order valence-corrected chi connectivity index (χ3v) is 3.44. The van der Waals surface area contributed by atoms with E-state index in [4.69, 9.17) is 14.6 Å². The average molecular weight is 307 g/mol. The number of aliphatic carboxylic acids is 1. The van der Waals surface area contributed by atoms with E-state index in [2.05, 4.69) is 5.32 Å². The van der Waals surface area contributed by atoms with Crippen LogP contribution in [0.1, 0.15) is 31.2 Å². The van der Waals surface area contributed by atoms with Crippen LogP contribution >= 0.6 is 0 Å². The van der Waals surface area contributed by atoms with Crippen molar-refractivity contribution in [2.24, 2.45) is 0 Å². The maximum Gasteiger partial charge on any atom is 0.341 e. The number of ether oxygens (including phenoxy) is 2. The van der Waals surface area contributed by atoms with Gasteiger partial charge in [-0.15, -0.1) is 0 Å². The summed E-state index contributed by atoms with van der Waals surface area (Å²) in [6, 6.07) is 7.03.